The Morgan fingerprint density at radius 2 is 2.03 bits per heavy atom. The van der Waals surface area contributed by atoms with E-state index in [2.05, 4.69) is 10.4 Å². The predicted molar refractivity (Wildman–Crippen MR) is 120 cm³/mol. The topological polar surface area (TPSA) is 56.9 Å². The molecule has 2 aromatic carbocycles. The average molecular weight is 458 g/mol. The molecule has 2 aromatic heterocycles. The van der Waals surface area contributed by atoms with E-state index in [1.165, 1.54) is 12.1 Å². The molecule has 0 saturated carbocycles. The molecule has 0 radical (unpaired) electrons. The number of rotatable bonds is 4. The first-order valence-corrected chi connectivity index (χ1v) is 10.3. The van der Waals surface area contributed by atoms with E-state index >= 15 is 0 Å². The van der Waals surface area contributed by atoms with Crippen molar-refractivity contribution in [1.82, 2.24) is 19.3 Å². The van der Waals surface area contributed by atoms with Gasteiger partial charge in [0, 0.05) is 37.4 Å². The number of hydrogen-bond donors (Lipinski definition) is 1. The number of hydrogen-bond acceptors (Lipinski definition) is 4. The Morgan fingerprint density at radius 3 is 2.84 bits per heavy atom. The van der Waals surface area contributed by atoms with Gasteiger partial charge in [0.1, 0.15) is 23.5 Å². The van der Waals surface area contributed by atoms with Crippen LogP contribution in [0.5, 0.6) is 0 Å². The number of halogens is 3. The summed E-state index contributed by atoms with van der Waals surface area (Å²) in [5, 5.41) is 8.82. The number of anilines is 1. The predicted octanol–water partition coefficient (Wildman–Crippen LogP) is 5.29. The quantitative estimate of drug-likeness (QED) is 0.452. The van der Waals surface area contributed by atoms with Gasteiger partial charge in [-0.15, -0.1) is 0 Å². The molecule has 1 atom stereocenters. The highest BCUT2D eigenvalue weighted by Gasteiger charge is 2.35. The zero-order valence-electron chi connectivity index (χ0n) is 16.7. The van der Waals surface area contributed by atoms with Gasteiger partial charge in [0.25, 0.3) is 0 Å². The van der Waals surface area contributed by atoms with Crippen molar-refractivity contribution in [3.8, 4) is 0 Å². The zero-order valence-corrected chi connectivity index (χ0v) is 18.2. The van der Waals surface area contributed by atoms with E-state index < -0.39 is 6.04 Å². The van der Waals surface area contributed by atoms with Gasteiger partial charge in [0.05, 0.1) is 39.6 Å². The minimum atomic E-state index is -0.414. The zero-order chi connectivity index (χ0) is 21.7. The average Bonchev–Trinajstić information content (AvgIpc) is 3.33. The van der Waals surface area contributed by atoms with E-state index in [1.54, 1.807) is 25.4 Å². The summed E-state index contributed by atoms with van der Waals surface area (Å²) in [6.07, 6.45) is 1.71. The number of nitrogens with one attached hydrogen (secondary N) is 1. The van der Waals surface area contributed by atoms with Crippen molar-refractivity contribution in [2.24, 2.45) is 7.05 Å². The van der Waals surface area contributed by atoms with Crippen molar-refractivity contribution in [3.63, 3.8) is 0 Å². The van der Waals surface area contributed by atoms with Crippen LogP contribution in [0.3, 0.4) is 0 Å². The van der Waals surface area contributed by atoms with Gasteiger partial charge in [0.2, 0.25) is 0 Å². The van der Waals surface area contributed by atoms with Crippen molar-refractivity contribution < 1.29 is 9.13 Å². The third-order valence-corrected chi connectivity index (χ3v) is 6.27. The SMILES string of the molecule is COCC1=C(c2nc3cc(F)ccc3n2C)C(c2cccc(Cl)c2Cl)n2nccc2N1. The molecule has 9 heteroatoms. The summed E-state index contributed by atoms with van der Waals surface area (Å²) in [4.78, 5) is 4.77. The van der Waals surface area contributed by atoms with Crippen LogP contribution in [0.1, 0.15) is 17.4 Å². The lowest BCUT2D eigenvalue weighted by Crippen LogP contribution is -2.27. The maximum Gasteiger partial charge on any atom is 0.141 e. The van der Waals surface area contributed by atoms with Crippen molar-refractivity contribution in [3.05, 3.63) is 81.6 Å². The fourth-order valence-electron chi connectivity index (χ4n) is 4.08. The van der Waals surface area contributed by atoms with Crippen LogP contribution in [0.2, 0.25) is 10.0 Å². The smallest absolute Gasteiger partial charge is 0.141 e. The Balaban J connectivity index is 1.82. The highest BCUT2D eigenvalue weighted by molar-refractivity contribution is 6.42. The van der Waals surface area contributed by atoms with Crippen LogP contribution in [-0.4, -0.2) is 33.0 Å². The molecule has 0 saturated heterocycles. The molecule has 3 heterocycles. The van der Waals surface area contributed by atoms with E-state index in [4.69, 9.17) is 32.9 Å². The molecular formula is C22H18Cl2FN5O. The van der Waals surface area contributed by atoms with Gasteiger partial charge in [-0.25, -0.2) is 14.1 Å². The number of nitrogens with zero attached hydrogens (tertiary/aromatic N) is 4. The first-order valence-electron chi connectivity index (χ1n) is 9.58. The minimum Gasteiger partial charge on any atom is -0.378 e. The van der Waals surface area contributed by atoms with Crippen LogP contribution in [0, 0.1) is 5.82 Å². The monoisotopic (exact) mass is 457 g/mol. The number of aryl methyl sites for hydroxylation is 1. The van der Waals surface area contributed by atoms with Crippen molar-refractivity contribution in [2.75, 3.05) is 19.0 Å². The Labute approximate surface area is 187 Å². The molecule has 158 valence electrons. The number of benzene rings is 2. The summed E-state index contributed by atoms with van der Waals surface area (Å²) in [7, 11) is 3.53. The Bertz CT molecular complexity index is 1340. The molecule has 5 rings (SSSR count). The summed E-state index contributed by atoms with van der Waals surface area (Å²) in [5.74, 6) is 1.11. The molecule has 1 aliphatic rings. The number of methoxy groups -OCH3 is 1. The highest BCUT2D eigenvalue weighted by atomic mass is 35.5. The fourth-order valence-corrected chi connectivity index (χ4v) is 4.49. The summed E-state index contributed by atoms with van der Waals surface area (Å²) in [6, 6.07) is 11.5. The first kappa shape index (κ1) is 20.1. The number of fused-ring (bicyclic) bond motifs is 2. The van der Waals surface area contributed by atoms with Crippen molar-refractivity contribution in [1.29, 1.82) is 0 Å². The van der Waals surface area contributed by atoms with Crippen LogP contribution in [0.15, 0.2) is 54.4 Å². The van der Waals surface area contributed by atoms with Crippen LogP contribution in [-0.2, 0) is 11.8 Å². The summed E-state index contributed by atoms with van der Waals surface area (Å²) in [5.41, 5.74) is 3.78. The largest absolute Gasteiger partial charge is 0.378 e. The van der Waals surface area contributed by atoms with Crippen LogP contribution in [0.25, 0.3) is 16.6 Å². The molecule has 4 aromatic rings. The van der Waals surface area contributed by atoms with Gasteiger partial charge in [-0.3, -0.25) is 0 Å². The number of allylic oxidation sites excluding steroid dienone is 1. The van der Waals surface area contributed by atoms with Crippen LogP contribution < -0.4 is 5.32 Å². The van der Waals surface area contributed by atoms with Crippen LogP contribution in [0.4, 0.5) is 10.2 Å². The third-order valence-electron chi connectivity index (χ3n) is 5.44. The summed E-state index contributed by atoms with van der Waals surface area (Å²) < 4.78 is 23.1. The van der Waals surface area contributed by atoms with Gasteiger partial charge in [-0.1, -0.05) is 35.3 Å². The number of imidazole rings is 1. The maximum atomic E-state index is 13.9. The molecule has 0 spiro atoms. The lowest BCUT2D eigenvalue weighted by atomic mass is 9.94. The number of ether oxygens (including phenoxy) is 1. The van der Waals surface area contributed by atoms with E-state index in [0.717, 1.165) is 28.2 Å². The molecule has 0 fully saturated rings. The van der Waals surface area contributed by atoms with Crippen molar-refractivity contribution in [2.45, 2.75) is 6.04 Å². The second kappa shape index (κ2) is 7.67. The molecule has 0 amide bonds. The van der Waals surface area contributed by atoms with Gasteiger partial charge < -0.3 is 14.6 Å². The lowest BCUT2D eigenvalue weighted by molar-refractivity contribution is 0.226. The van der Waals surface area contributed by atoms with E-state index in [1.807, 2.05) is 34.5 Å². The fraction of sp³-hybridized carbons (Fsp3) is 0.182. The van der Waals surface area contributed by atoms with Gasteiger partial charge in [-0.05, 0) is 18.2 Å². The Hall–Kier alpha value is -2.87. The first-order chi connectivity index (χ1) is 15.0. The molecule has 1 aliphatic heterocycles. The molecule has 1 N–H and O–H groups in total. The van der Waals surface area contributed by atoms with E-state index in [0.29, 0.717) is 28.0 Å². The molecule has 1 unspecified atom stereocenters. The second-order valence-corrected chi connectivity index (χ2v) is 8.07. The highest BCUT2D eigenvalue weighted by Crippen LogP contribution is 2.44. The van der Waals surface area contributed by atoms with Gasteiger partial charge >= 0.3 is 0 Å². The van der Waals surface area contributed by atoms with Gasteiger partial charge in [0.15, 0.2) is 0 Å². The van der Waals surface area contributed by atoms with Crippen molar-refractivity contribution >= 4 is 45.6 Å². The normalized spacial score (nSPS) is 16.0. The molecule has 0 bridgehead atoms. The molecule has 6 nitrogen and oxygen atoms in total. The second-order valence-electron chi connectivity index (χ2n) is 7.28. The third kappa shape index (κ3) is 3.20. The van der Waals surface area contributed by atoms with Crippen LogP contribution >= 0.6 is 23.2 Å². The molecular weight excluding hydrogens is 440 g/mol. The Kier molecular flexibility index (Phi) is 4.97. The van der Waals surface area contributed by atoms with E-state index in [-0.39, 0.29) is 5.82 Å². The van der Waals surface area contributed by atoms with E-state index in [9.17, 15) is 4.39 Å². The Morgan fingerprint density at radius 1 is 1.19 bits per heavy atom. The number of aromatic nitrogens is 4. The molecule has 0 aliphatic carbocycles. The van der Waals surface area contributed by atoms with Gasteiger partial charge in [-0.2, -0.15) is 5.10 Å². The molecule has 31 heavy (non-hydrogen) atoms. The summed E-state index contributed by atoms with van der Waals surface area (Å²) in [6.45, 7) is 0.312. The standard InChI is InChI=1S/C22H18Cl2FN5O/c1-29-17-7-6-12(25)10-15(17)28-22(29)19-16(11-31-2)27-18-8-9-26-30(18)21(19)13-4-3-5-14(23)20(13)24/h3-10,21,27H,11H2,1-2H3. The lowest BCUT2D eigenvalue weighted by Gasteiger charge is -2.31. The maximum absolute atomic E-state index is 13.9. The summed E-state index contributed by atoms with van der Waals surface area (Å²) >= 11 is 13.0. The minimum absolute atomic E-state index is 0.312.